The molecule has 0 saturated heterocycles. The van der Waals surface area contributed by atoms with Gasteiger partial charge in [-0.3, -0.25) is 0 Å². The van der Waals surface area contributed by atoms with Gasteiger partial charge >= 0.3 is 0 Å². The number of pyridine rings is 1. The highest BCUT2D eigenvalue weighted by Crippen LogP contribution is 2.28. The fraction of sp³-hybridized carbons (Fsp3) is 0.133. The molecule has 20 heavy (non-hydrogen) atoms. The molecular formula is C15H14N4O. The minimum Gasteiger partial charge on any atom is -0.481 e. The van der Waals surface area contributed by atoms with Crippen LogP contribution in [0.15, 0.2) is 48.7 Å². The van der Waals surface area contributed by atoms with Gasteiger partial charge in [0.15, 0.2) is 0 Å². The van der Waals surface area contributed by atoms with Crippen LogP contribution >= 0.6 is 0 Å². The average molecular weight is 266 g/mol. The zero-order valence-electron chi connectivity index (χ0n) is 11.3. The van der Waals surface area contributed by atoms with Crippen LogP contribution in [0, 0.1) is 0 Å². The van der Waals surface area contributed by atoms with Gasteiger partial charge in [0.05, 0.1) is 7.11 Å². The van der Waals surface area contributed by atoms with Gasteiger partial charge in [-0.1, -0.05) is 30.3 Å². The molecule has 0 aliphatic rings. The van der Waals surface area contributed by atoms with E-state index in [9.17, 15) is 0 Å². The van der Waals surface area contributed by atoms with Crippen molar-refractivity contribution in [1.82, 2.24) is 20.0 Å². The third-order valence-corrected chi connectivity index (χ3v) is 2.98. The lowest BCUT2D eigenvalue weighted by atomic mass is 10.1. The van der Waals surface area contributed by atoms with Crippen molar-refractivity contribution in [3.8, 4) is 28.4 Å². The van der Waals surface area contributed by atoms with Crippen molar-refractivity contribution in [2.24, 2.45) is 7.05 Å². The van der Waals surface area contributed by atoms with E-state index >= 15 is 0 Å². The summed E-state index contributed by atoms with van der Waals surface area (Å²) in [6.07, 6.45) is 1.75. The van der Waals surface area contributed by atoms with Crippen LogP contribution in [0.5, 0.6) is 5.88 Å². The molecule has 0 radical (unpaired) electrons. The molecule has 0 fully saturated rings. The smallest absolute Gasteiger partial charge is 0.212 e. The largest absolute Gasteiger partial charge is 0.481 e. The van der Waals surface area contributed by atoms with Gasteiger partial charge in [-0.05, 0) is 6.07 Å². The predicted octanol–water partition coefficient (Wildman–Crippen LogP) is 2.55. The standard InChI is InChI=1S/C15H14N4O/c1-19-17-14(11-6-4-3-5-7-11)15(18-19)12-8-9-13(20-2)16-10-12/h3-10H,1-2H3. The summed E-state index contributed by atoms with van der Waals surface area (Å²) in [5.41, 5.74) is 3.61. The first kappa shape index (κ1) is 12.3. The van der Waals surface area contributed by atoms with Gasteiger partial charge in [-0.15, -0.1) is 0 Å². The van der Waals surface area contributed by atoms with E-state index in [1.807, 2.05) is 49.5 Å². The monoisotopic (exact) mass is 266 g/mol. The minimum absolute atomic E-state index is 0.582. The number of hydrogen-bond acceptors (Lipinski definition) is 4. The lowest BCUT2D eigenvalue weighted by Crippen LogP contribution is -1.92. The molecule has 0 N–H and O–H groups in total. The maximum atomic E-state index is 5.07. The summed E-state index contributed by atoms with van der Waals surface area (Å²) < 4.78 is 5.07. The number of ether oxygens (including phenoxy) is 1. The first-order valence-corrected chi connectivity index (χ1v) is 6.25. The SMILES string of the molecule is COc1ccc(-c2nn(C)nc2-c2ccccc2)cn1. The third kappa shape index (κ3) is 2.25. The Balaban J connectivity index is 2.09. The summed E-state index contributed by atoms with van der Waals surface area (Å²) in [6.45, 7) is 0. The molecule has 0 saturated carbocycles. The molecule has 5 nitrogen and oxygen atoms in total. The second-order valence-corrected chi connectivity index (χ2v) is 4.34. The van der Waals surface area contributed by atoms with Crippen LogP contribution in [0.25, 0.3) is 22.5 Å². The van der Waals surface area contributed by atoms with Gasteiger partial charge in [0.2, 0.25) is 5.88 Å². The first-order valence-electron chi connectivity index (χ1n) is 6.25. The summed E-state index contributed by atoms with van der Waals surface area (Å²) in [7, 11) is 3.41. The lowest BCUT2D eigenvalue weighted by Gasteiger charge is -2.02. The Labute approximate surface area is 116 Å². The van der Waals surface area contributed by atoms with Crippen LogP contribution in [0.1, 0.15) is 0 Å². The molecule has 0 aliphatic carbocycles. The van der Waals surface area contributed by atoms with Crippen molar-refractivity contribution < 1.29 is 4.74 Å². The zero-order valence-corrected chi connectivity index (χ0v) is 11.3. The Morgan fingerprint density at radius 3 is 2.20 bits per heavy atom. The van der Waals surface area contributed by atoms with Crippen molar-refractivity contribution in [1.29, 1.82) is 0 Å². The van der Waals surface area contributed by atoms with Gasteiger partial charge in [0.1, 0.15) is 11.4 Å². The number of benzene rings is 1. The fourth-order valence-corrected chi connectivity index (χ4v) is 2.03. The molecule has 0 unspecified atom stereocenters. The van der Waals surface area contributed by atoms with E-state index in [-0.39, 0.29) is 0 Å². The highest BCUT2D eigenvalue weighted by molar-refractivity contribution is 5.77. The highest BCUT2D eigenvalue weighted by Gasteiger charge is 2.14. The summed E-state index contributed by atoms with van der Waals surface area (Å²) in [5, 5.41) is 8.88. The molecule has 0 amide bonds. The van der Waals surface area contributed by atoms with Crippen LogP contribution in [-0.2, 0) is 7.05 Å². The Morgan fingerprint density at radius 1 is 0.900 bits per heavy atom. The molecule has 3 aromatic rings. The van der Waals surface area contributed by atoms with E-state index in [4.69, 9.17) is 4.74 Å². The Morgan fingerprint density at radius 2 is 1.60 bits per heavy atom. The van der Waals surface area contributed by atoms with E-state index in [0.29, 0.717) is 5.88 Å². The zero-order chi connectivity index (χ0) is 13.9. The van der Waals surface area contributed by atoms with Crippen LogP contribution in [0.2, 0.25) is 0 Å². The van der Waals surface area contributed by atoms with E-state index < -0.39 is 0 Å². The van der Waals surface area contributed by atoms with Crippen molar-refractivity contribution >= 4 is 0 Å². The van der Waals surface area contributed by atoms with Crippen molar-refractivity contribution in [2.45, 2.75) is 0 Å². The maximum absolute atomic E-state index is 5.07. The van der Waals surface area contributed by atoms with Gasteiger partial charge in [0, 0.05) is 30.4 Å². The molecular weight excluding hydrogens is 252 g/mol. The van der Waals surface area contributed by atoms with Crippen molar-refractivity contribution in [3.63, 3.8) is 0 Å². The molecule has 2 heterocycles. The quantitative estimate of drug-likeness (QED) is 0.731. The Kier molecular flexibility index (Phi) is 3.16. The summed E-state index contributed by atoms with van der Waals surface area (Å²) >= 11 is 0. The third-order valence-electron chi connectivity index (χ3n) is 2.98. The van der Waals surface area contributed by atoms with Crippen LogP contribution in [0.3, 0.4) is 0 Å². The maximum Gasteiger partial charge on any atom is 0.212 e. The van der Waals surface area contributed by atoms with Crippen molar-refractivity contribution in [2.75, 3.05) is 7.11 Å². The highest BCUT2D eigenvalue weighted by atomic mass is 16.5. The normalized spacial score (nSPS) is 10.5. The van der Waals surface area contributed by atoms with E-state index in [0.717, 1.165) is 22.5 Å². The van der Waals surface area contributed by atoms with E-state index in [2.05, 4.69) is 15.2 Å². The van der Waals surface area contributed by atoms with Crippen LogP contribution < -0.4 is 4.74 Å². The minimum atomic E-state index is 0.582. The number of nitrogens with zero attached hydrogens (tertiary/aromatic N) is 4. The van der Waals surface area contributed by atoms with E-state index in [1.54, 1.807) is 18.1 Å². The molecule has 3 rings (SSSR count). The summed E-state index contributed by atoms with van der Waals surface area (Å²) in [4.78, 5) is 5.79. The second kappa shape index (κ2) is 5.13. The number of aromatic nitrogens is 4. The lowest BCUT2D eigenvalue weighted by molar-refractivity contribution is 0.398. The summed E-state index contributed by atoms with van der Waals surface area (Å²) in [5.74, 6) is 0.582. The Bertz CT molecular complexity index is 704. The number of methoxy groups -OCH3 is 1. The van der Waals surface area contributed by atoms with Gasteiger partial charge in [0.25, 0.3) is 0 Å². The molecule has 1 aromatic carbocycles. The Hall–Kier alpha value is -2.69. The van der Waals surface area contributed by atoms with Gasteiger partial charge < -0.3 is 4.74 Å². The van der Waals surface area contributed by atoms with Crippen LogP contribution in [0.4, 0.5) is 0 Å². The molecule has 5 heteroatoms. The molecule has 2 aromatic heterocycles. The first-order chi connectivity index (χ1) is 9.78. The number of hydrogen-bond donors (Lipinski definition) is 0. The van der Waals surface area contributed by atoms with Gasteiger partial charge in [-0.2, -0.15) is 15.0 Å². The topological polar surface area (TPSA) is 52.8 Å². The van der Waals surface area contributed by atoms with Crippen molar-refractivity contribution in [3.05, 3.63) is 48.7 Å². The second-order valence-electron chi connectivity index (χ2n) is 4.34. The predicted molar refractivity (Wildman–Crippen MR) is 76.2 cm³/mol. The summed E-state index contributed by atoms with van der Waals surface area (Å²) in [6, 6.07) is 13.7. The average Bonchev–Trinajstić information content (AvgIpc) is 2.90. The molecule has 0 aliphatic heterocycles. The number of rotatable bonds is 3. The fourth-order valence-electron chi connectivity index (χ4n) is 2.03. The number of aryl methyl sites for hydroxylation is 1. The molecule has 0 bridgehead atoms. The molecule has 100 valence electrons. The molecule has 0 atom stereocenters. The van der Waals surface area contributed by atoms with Crippen LogP contribution in [-0.4, -0.2) is 27.1 Å². The molecule has 0 spiro atoms. The van der Waals surface area contributed by atoms with Gasteiger partial charge in [-0.25, -0.2) is 4.98 Å². The van der Waals surface area contributed by atoms with E-state index in [1.165, 1.54) is 0 Å².